The predicted molar refractivity (Wildman–Crippen MR) is 72.5 cm³/mol. The maximum absolute atomic E-state index is 5.81. The lowest BCUT2D eigenvalue weighted by Crippen LogP contribution is -2.44. The number of nitrogens with two attached hydrogens (primary N) is 1. The van der Waals surface area contributed by atoms with Gasteiger partial charge in [-0.15, -0.1) is 0 Å². The zero-order valence-electron chi connectivity index (χ0n) is 10.4. The van der Waals surface area contributed by atoms with Gasteiger partial charge in [-0.05, 0) is 36.4 Å². The van der Waals surface area contributed by atoms with E-state index in [9.17, 15) is 0 Å². The molecule has 5 nitrogen and oxygen atoms in total. The minimum absolute atomic E-state index is 0.291. The van der Waals surface area contributed by atoms with E-state index in [1.165, 1.54) is 0 Å². The van der Waals surface area contributed by atoms with Gasteiger partial charge in [0.25, 0.3) is 0 Å². The van der Waals surface area contributed by atoms with E-state index in [-0.39, 0.29) is 0 Å². The van der Waals surface area contributed by atoms with Gasteiger partial charge in [0, 0.05) is 23.7 Å². The van der Waals surface area contributed by atoms with Crippen LogP contribution in [0.4, 0.5) is 5.82 Å². The van der Waals surface area contributed by atoms with Crippen LogP contribution in [0.25, 0.3) is 10.8 Å². The average Bonchev–Trinajstić information content (AvgIpc) is 2.82. The molecule has 1 aromatic heterocycles. The monoisotopic (exact) mass is 257 g/mol. The SMILES string of the molecule is NC1CC(Nc2nccc3cc4c(cc23)OCO4)C1. The number of rotatable bonds is 2. The topological polar surface area (TPSA) is 69.4 Å². The maximum atomic E-state index is 5.81. The molecule has 5 heteroatoms. The van der Waals surface area contributed by atoms with Crippen molar-refractivity contribution in [1.29, 1.82) is 0 Å². The largest absolute Gasteiger partial charge is 0.454 e. The Hall–Kier alpha value is -2.01. The first-order valence-electron chi connectivity index (χ1n) is 6.50. The Kier molecular flexibility index (Phi) is 2.29. The summed E-state index contributed by atoms with van der Waals surface area (Å²) in [6.07, 6.45) is 3.82. The summed E-state index contributed by atoms with van der Waals surface area (Å²) in [5.74, 6) is 2.48. The highest BCUT2D eigenvalue weighted by molar-refractivity contribution is 5.94. The second-order valence-electron chi connectivity index (χ2n) is 5.16. The molecule has 1 aliphatic carbocycles. The number of nitrogens with zero attached hydrogens (tertiary/aromatic N) is 1. The molecule has 0 radical (unpaired) electrons. The van der Waals surface area contributed by atoms with E-state index < -0.39 is 0 Å². The first-order chi connectivity index (χ1) is 9.29. The van der Waals surface area contributed by atoms with E-state index in [2.05, 4.69) is 10.3 Å². The van der Waals surface area contributed by atoms with Gasteiger partial charge in [0.1, 0.15) is 5.82 Å². The Morgan fingerprint density at radius 2 is 2.00 bits per heavy atom. The van der Waals surface area contributed by atoms with E-state index in [0.29, 0.717) is 18.9 Å². The summed E-state index contributed by atoms with van der Waals surface area (Å²) in [4.78, 5) is 4.43. The van der Waals surface area contributed by atoms with Crippen molar-refractivity contribution in [3.63, 3.8) is 0 Å². The fourth-order valence-corrected chi connectivity index (χ4v) is 2.65. The minimum Gasteiger partial charge on any atom is -0.454 e. The second-order valence-corrected chi connectivity index (χ2v) is 5.16. The predicted octanol–water partition coefficient (Wildman–Crippen LogP) is 1.87. The molecule has 98 valence electrons. The fourth-order valence-electron chi connectivity index (χ4n) is 2.65. The van der Waals surface area contributed by atoms with Crippen molar-refractivity contribution < 1.29 is 9.47 Å². The van der Waals surface area contributed by atoms with Gasteiger partial charge in [0.15, 0.2) is 11.5 Å². The lowest BCUT2D eigenvalue weighted by Gasteiger charge is -2.33. The molecule has 0 amide bonds. The standard InChI is InChI=1S/C14H15N3O2/c15-9-4-10(5-9)17-14-11-6-13-12(18-7-19-13)3-8(11)1-2-16-14/h1-3,6,9-10H,4-5,7,15H2,(H,16,17). The zero-order chi connectivity index (χ0) is 12.8. The van der Waals surface area contributed by atoms with E-state index >= 15 is 0 Å². The Balaban J connectivity index is 1.74. The molecule has 0 unspecified atom stereocenters. The van der Waals surface area contributed by atoms with Crippen LogP contribution in [0.3, 0.4) is 0 Å². The summed E-state index contributed by atoms with van der Waals surface area (Å²) in [5, 5.41) is 5.62. The van der Waals surface area contributed by atoms with Crippen molar-refractivity contribution in [3.8, 4) is 11.5 Å². The first-order valence-corrected chi connectivity index (χ1v) is 6.50. The first kappa shape index (κ1) is 10.9. The molecule has 19 heavy (non-hydrogen) atoms. The second kappa shape index (κ2) is 3.99. The van der Waals surface area contributed by atoms with Crippen LogP contribution in [0.1, 0.15) is 12.8 Å². The molecule has 3 N–H and O–H groups in total. The van der Waals surface area contributed by atoms with E-state index in [4.69, 9.17) is 15.2 Å². The summed E-state index contributed by atoms with van der Waals surface area (Å²) >= 11 is 0. The molecule has 2 heterocycles. The van der Waals surface area contributed by atoms with Gasteiger partial charge in [-0.1, -0.05) is 0 Å². The van der Waals surface area contributed by atoms with Crippen LogP contribution < -0.4 is 20.5 Å². The van der Waals surface area contributed by atoms with Gasteiger partial charge in [0.2, 0.25) is 6.79 Å². The normalized spacial score (nSPS) is 24.3. The number of aromatic nitrogens is 1. The van der Waals surface area contributed by atoms with Crippen molar-refractivity contribution in [2.24, 2.45) is 5.73 Å². The summed E-state index contributed by atoms with van der Waals surface area (Å²) in [5.41, 5.74) is 5.81. The molecule has 1 saturated carbocycles. The Labute approximate surface area is 110 Å². The molecule has 0 atom stereocenters. The number of anilines is 1. The van der Waals surface area contributed by atoms with Crippen LogP contribution in [-0.4, -0.2) is 23.9 Å². The number of hydrogen-bond acceptors (Lipinski definition) is 5. The molecule has 0 bridgehead atoms. The quantitative estimate of drug-likeness (QED) is 0.859. The molecule has 4 rings (SSSR count). The minimum atomic E-state index is 0.291. The molecule has 1 aliphatic heterocycles. The molecular weight excluding hydrogens is 242 g/mol. The van der Waals surface area contributed by atoms with Gasteiger partial charge in [-0.3, -0.25) is 0 Å². The van der Waals surface area contributed by atoms with Gasteiger partial charge in [-0.25, -0.2) is 4.98 Å². The number of fused-ring (bicyclic) bond motifs is 2. The smallest absolute Gasteiger partial charge is 0.231 e. The maximum Gasteiger partial charge on any atom is 0.231 e. The molecular formula is C14H15N3O2. The van der Waals surface area contributed by atoms with Crippen LogP contribution in [0.2, 0.25) is 0 Å². The summed E-state index contributed by atoms with van der Waals surface area (Å²) in [7, 11) is 0. The number of hydrogen-bond donors (Lipinski definition) is 2. The third-order valence-electron chi connectivity index (χ3n) is 3.77. The van der Waals surface area contributed by atoms with Crippen molar-refractivity contribution in [1.82, 2.24) is 4.98 Å². The lowest BCUT2D eigenvalue weighted by molar-refractivity contribution is 0.174. The van der Waals surface area contributed by atoms with Gasteiger partial charge in [0.05, 0.1) is 0 Å². The highest BCUT2D eigenvalue weighted by atomic mass is 16.7. The van der Waals surface area contributed by atoms with E-state index in [1.54, 1.807) is 0 Å². The molecule has 0 spiro atoms. The molecule has 2 aliphatic rings. The third-order valence-corrected chi connectivity index (χ3v) is 3.77. The Morgan fingerprint density at radius 1 is 1.21 bits per heavy atom. The Bertz CT molecular complexity index is 638. The van der Waals surface area contributed by atoms with Gasteiger partial charge < -0.3 is 20.5 Å². The number of nitrogens with one attached hydrogen (secondary N) is 1. The summed E-state index contributed by atoms with van der Waals surface area (Å²) in [6.45, 7) is 0.291. The van der Waals surface area contributed by atoms with E-state index in [0.717, 1.165) is 40.9 Å². The van der Waals surface area contributed by atoms with Crippen LogP contribution in [0, 0.1) is 0 Å². The van der Waals surface area contributed by atoms with Crippen molar-refractivity contribution in [3.05, 3.63) is 24.4 Å². The zero-order valence-corrected chi connectivity index (χ0v) is 10.4. The van der Waals surface area contributed by atoms with Crippen LogP contribution in [0.15, 0.2) is 24.4 Å². The highest BCUT2D eigenvalue weighted by Crippen LogP contribution is 2.38. The van der Waals surface area contributed by atoms with Crippen LogP contribution in [0.5, 0.6) is 11.5 Å². The lowest BCUT2D eigenvalue weighted by atomic mass is 9.87. The number of ether oxygens (including phenoxy) is 2. The molecule has 2 aromatic rings. The average molecular weight is 257 g/mol. The molecule has 1 aromatic carbocycles. The summed E-state index contributed by atoms with van der Waals surface area (Å²) < 4.78 is 10.8. The number of benzene rings is 1. The van der Waals surface area contributed by atoms with Crippen LogP contribution in [-0.2, 0) is 0 Å². The highest BCUT2D eigenvalue weighted by Gasteiger charge is 2.26. The summed E-state index contributed by atoms with van der Waals surface area (Å²) in [6, 6.07) is 6.73. The van der Waals surface area contributed by atoms with Crippen molar-refractivity contribution in [2.45, 2.75) is 24.9 Å². The third kappa shape index (κ3) is 1.77. The molecule has 0 saturated heterocycles. The Morgan fingerprint density at radius 3 is 2.79 bits per heavy atom. The van der Waals surface area contributed by atoms with Crippen molar-refractivity contribution >= 4 is 16.6 Å². The van der Waals surface area contributed by atoms with Gasteiger partial charge in [-0.2, -0.15) is 0 Å². The van der Waals surface area contributed by atoms with Gasteiger partial charge >= 0.3 is 0 Å². The molecule has 1 fully saturated rings. The van der Waals surface area contributed by atoms with E-state index in [1.807, 2.05) is 24.4 Å². The fraction of sp³-hybridized carbons (Fsp3) is 0.357. The number of pyridine rings is 1. The van der Waals surface area contributed by atoms with Crippen LogP contribution >= 0.6 is 0 Å². The van der Waals surface area contributed by atoms with Crippen molar-refractivity contribution in [2.75, 3.05) is 12.1 Å².